The Morgan fingerprint density at radius 2 is 1.86 bits per heavy atom. The number of halogens is 5. The van der Waals surface area contributed by atoms with Gasteiger partial charge >= 0.3 is 12.1 Å². The highest BCUT2D eigenvalue weighted by Crippen LogP contribution is 2.33. The van der Waals surface area contributed by atoms with Crippen molar-refractivity contribution in [2.75, 3.05) is 5.32 Å². The molecule has 10 heteroatoms. The number of phenolic OH excluding ortho intramolecular Hbond substituents is 1. The Morgan fingerprint density at radius 3 is 2.36 bits per heavy atom. The number of amides is 1. The van der Waals surface area contributed by atoms with Gasteiger partial charge in [0.25, 0.3) is 0 Å². The molecule has 122 valence electrons. The molecular weight excluding hydrogens is 334 g/mol. The van der Waals surface area contributed by atoms with Gasteiger partial charge in [0.15, 0.2) is 0 Å². The van der Waals surface area contributed by atoms with E-state index in [0.29, 0.717) is 6.07 Å². The Balaban J connectivity index is 2.84. The van der Waals surface area contributed by atoms with Crippen molar-refractivity contribution in [2.24, 2.45) is 5.92 Å². The number of anilines is 1. The lowest BCUT2D eigenvalue weighted by Crippen LogP contribution is -2.30. The predicted octanol–water partition coefficient (Wildman–Crippen LogP) is 3.17. The molecule has 0 bridgehead atoms. The number of hydrogen-bond donors (Lipinski definition) is 3. The number of hydrogen-bond acceptors (Lipinski definition) is 3. The quantitative estimate of drug-likeness (QED) is 0.717. The number of carboxylic acids is 1. The number of alkyl halides is 3. The lowest BCUT2D eigenvalue weighted by molar-refractivity contribution is -0.185. The van der Waals surface area contributed by atoms with E-state index in [1.807, 2.05) is 5.32 Å². The first-order chi connectivity index (χ1) is 10.0. The van der Waals surface area contributed by atoms with Crippen molar-refractivity contribution in [3.8, 4) is 5.75 Å². The molecule has 0 aliphatic heterocycles. The van der Waals surface area contributed by atoms with Crippen molar-refractivity contribution in [3.63, 3.8) is 0 Å². The third-order valence-corrected chi connectivity index (χ3v) is 2.93. The number of rotatable bonds is 5. The van der Waals surface area contributed by atoms with Crippen molar-refractivity contribution in [1.29, 1.82) is 0 Å². The summed E-state index contributed by atoms with van der Waals surface area (Å²) in [5, 5.41) is 19.2. The number of phenols is 1. The minimum Gasteiger partial charge on any atom is -0.506 e. The first-order valence-electron chi connectivity index (χ1n) is 5.77. The van der Waals surface area contributed by atoms with Gasteiger partial charge in [-0.05, 0) is 6.07 Å². The molecule has 0 aliphatic carbocycles. The minimum atomic E-state index is -4.89. The van der Waals surface area contributed by atoms with Gasteiger partial charge in [-0.25, -0.2) is 4.39 Å². The number of aromatic hydroxyl groups is 1. The highest BCUT2D eigenvalue weighted by Gasteiger charge is 2.42. The third kappa shape index (κ3) is 5.06. The molecule has 0 fully saturated rings. The van der Waals surface area contributed by atoms with Gasteiger partial charge in [0.1, 0.15) is 11.6 Å². The Labute approximate surface area is 126 Å². The van der Waals surface area contributed by atoms with Gasteiger partial charge in [0.05, 0.1) is 23.0 Å². The van der Waals surface area contributed by atoms with Crippen LogP contribution < -0.4 is 5.32 Å². The molecule has 1 rings (SSSR count). The fourth-order valence-corrected chi connectivity index (χ4v) is 1.72. The summed E-state index contributed by atoms with van der Waals surface area (Å²) in [5.41, 5.74) is -0.567. The highest BCUT2D eigenvalue weighted by atomic mass is 35.5. The average molecular weight is 344 g/mol. The average Bonchev–Trinajstić information content (AvgIpc) is 2.33. The molecule has 5 nitrogen and oxygen atoms in total. The fraction of sp³-hybridized carbons (Fsp3) is 0.333. The van der Waals surface area contributed by atoms with Gasteiger partial charge < -0.3 is 15.5 Å². The van der Waals surface area contributed by atoms with Crippen LogP contribution in [0.5, 0.6) is 5.75 Å². The van der Waals surface area contributed by atoms with Crippen molar-refractivity contribution >= 4 is 29.2 Å². The van der Waals surface area contributed by atoms with Crippen LogP contribution in [0.4, 0.5) is 23.2 Å². The maximum Gasteiger partial charge on any atom is 0.392 e. The molecule has 0 aromatic heterocycles. The first kappa shape index (κ1) is 18.0. The van der Waals surface area contributed by atoms with Gasteiger partial charge in [-0.2, -0.15) is 13.2 Å². The molecule has 3 N–H and O–H groups in total. The second-order valence-electron chi connectivity index (χ2n) is 4.37. The normalized spacial score (nSPS) is 12.8. The van der Waals surface area contributed by atoms with Crippen molar-refractivity contribution < 1.29 is 37.4 Å². The Kier molecular flexibility index (Phi) is 5.59. The first-order valence-corrected chi connectivity index (χ1v) is 6.15. The maximum atomic E-state index is 13.4. The molecule has 1 aromatic rings. The zero-order valence-electron chi connectivity index (χ0n) is 10.7. The second-order valence-corrected chi connectivity index (χ2v) is 4.78. The van der Waals surface area contributed by atoms with Crippen molar-refractivity contribution in [2.45, 2.75) is 19.0 Å². The number of nitrogens with one attached hydrogen (secondary N) is 1. The molecule has 1 aromatic carbocycles. The smallest absolute Gasteiger partial charge is 0.392 e. The SMILES string of the molecule is O=C(O)CC(CC(=O)Nc1cc(O)c(Cl)cc1F)C(F)(F)F. The summed E-state index contributed by atoms with van der Waals surface area (Å²) < 4.78 is 51.2. The lowest BCUT2D eigenvalue weighted by Gasteiger charge is -2.18. The van der Waals surface area contributed by atoms with Crippen molar-refractivity contribution in [3.05, 3.63) is 23.0 Å². The van der Waals surface area contributed by atoms with E-state index in [0.717, 1.165) is 6.07 Å². The summed E-state index contributed by atoms with van der Waals surface area (Å²) in [6, 6.07) is 1.40. The molecule has 1 unspecified atom stereocenters. The number of carbonyl (C=O) groups is 2. The van der Waals surface area contributed by atoms with Crippen LogP contribution >= 0.6 is 11.6 Å². The predicted molar refractivity (Wildman–Crippen MR) is 68.1 cm³/mol. The van der Waals surface area contributed by atoms with Crippen LogP contribution in [0, 0.1) is 11.7 Å². The van der Waals surface area contributed by atoms with Crippen LogP contribution in [0.1, 0.15) is 12.8 Å². The van der Waals surface area contributed by atoms with E-state index in [9.17, 15) is 32.3 Å². The van der Waals surface area contributed by atoms with E-state index in [4.69, 9.17) is 16.7 Å². The molecule has 22 heavy (non-hydrogen) atoms. The third-order valence-electron chi connectivity index (χ3n) is 2.63. The lowest BCUT2D eigenvalue weighted by atomic mass is 10.0. The van der Waals surface area contributed by atoms with E-state index in [1.165, 1.54) is 0 Å². The molecule has 0 heterocycles. The Hall–Kier alpha value is -2.03. The van der Waals surface area contributed by atoms with E-state index in [-0.39, 0.29) is 5.02 Å². The van der Waals surface area contributed by atoms with Gasteiger partial charge in [-0.15, -0.1) is 0 Å². The molecular formula is C12H10ClF4NO4. The molecule has 1 atom stereocenters. The summed E-state index contributed by atoms with van der Waals surface area (Å²) in [7, 11) is 0. The van der Waals surface area contributed by atoms with Gasteiger partial charge in [-0.1, -0.05) is 11.6 Å². The number of carbonyl (C=O) groups excluding carboxylic acids is 1. The summed E-state index contributed by atoms with van der Waals surface area (Å²) in [6.07, 6.45) is -7.37. The molecule has 0 saturated carbocycles. The number of carboxylic acid groups (broad SMARTS) is 1. The zero-order chi connectivity index (χ0) is 17.1. The molecule has 0 spiro atoms. The molecule has 0 aliphatic rings. The maximum absolute atomic E-state index is 13.4. The van der Waals surface area contributed by atoms with Crippen LogP contribution in [0.2, 0.25) is 5.02 Å². The van der Waals surface area contributed by atoms with E-state index in [2.05, 4.69) is 0 Å². The van der Waals surface area contributed by atoms with Crippen molar-refractivity contribution in [1.82, 2.24) is 0 Å². The van der Waals surface area contributed by atoms with Crippen LogP contribution in [0.15, 0.2) is 12.1 Å². The number of benzene rings is 1. The molecule has 0 saturated heterocycles. The monoisotopic (exact) mass is 343 g/mol. The summed E-state index contributed by atoms with van der Waals surface area (Å²) >= 11 is 5.41. The fourth-order valence-electron chi connectivity index (χ4n) is 1.57. The van der Waals surface area contributed by atoms with E-state index >= 15 is 0 Å². The molecule has 1 amide bonds. The minimum absolute atomic E-state index is 0.338. The summed E-state index contributed by atoms with van der Waals surface area (Å²) in [6.45, 7) is 0. The van der Waals surface area contributed by atoms with E-state index in [1.54, 1.807) is 0 Å². The molecule has 0 radical (unpaired) electrons. The highest BCUT2D eigenvalue weighted by molar-refractivity contribution is 6.32. The van der Waals surface area contributed by atoms with Crippen LogP contribution in [0.25, 0.3) is 0 Å². The second kappa shape index (κ2) is 6.82. The van der Waals surface area contributed by atoms with E-state index < -0.39 is 54.1 Å². The number of aliphatic carboxylic acids is 1. The van der Waals surface area contributed by atoms with Gasteiger partial charge in [0, 0.05) is 12.5 Å². The Bertz CT molecular complexity index is 591. The largest absolute Gasteiger partial charge is 0.506 e. The standard InChI is InChI=1S/C12H10ClF4NO4/c13-6-3-7(14)8(4-9(6)19)18-10(20)1-5(2-11(21)22)12(15,16)17/h3-5,19H,1-2H2,(H,18,20)(H,21,22). The topological polar surface area (TPSA) is 86.6 Å². The van der Waals surface area contributed by atoms with Gasteiger partial charge in [-0.3, -0.25) is 9.59 Å². The summed E-state index contributed by atoms with van der Waals surface area (Å²) in [4.78, 5) is 21.9. The van der Waals surface area contributed by atoms with Gasteiger partial charge in [0.2, 0.25) is 5.91 Å². The zero-order valence-corrected chi connectivity index (χ0v) is 11.5. The van der Waals surface area contributed by atoms with Crippen LogP contribution in [0.3, 0.4) is 0 Å². The Morgan fingerprint density at radius 1 is 1.27 bits per heavy atom. The van der Waals surface area contributed by atoms with Crippen LogP contribution in [-0.4, -0.2) is 28.3 Å². The summed E-state index contributed by atoms with van der Waals surface area (Å²) in [5.74, 6) is -7.00. The van der Waals surface area contributed by atoms with Crippen LogP contribution in [-0.2, 0) is 9.59 Å².